The van der Waals surface area contributed by atoms with E-state index in [0.717, 1.165) is 64.2 Å². The first kappa shape index (κ1) is 49.4. The van der Waals surface area contributed by atoms with Gasteiger partial charge in [-0.25, -0.2) is 0 Å². The summed E-state index contributed by atoms with van der Waals surface area (Å²) in [6.07, 6.45) is 41.1. The Morgan fingerprint density at radius 3 is 0.784 bits per heavy atom. The Bertz CT molecular complexity index is 753. The van der Waals surface area contributed by atoms with Gasteiger partial charge < -0.3 is 14.2 Å². The van der Waals surface area contributed by atoms with E-state index < -0.39 is 6.10 Å². The minimum Gasteiger partial charge on any atom is -0.462 e. The van der Waals surface area contributed by atoms with Crippen molar-refractivity contribution in [3.63, 3.8) is 0 Å². The monoisotopic (exact) mass is 723 g/mol. The molecule has 0 spiro atoms. The quantitative estimate of drug-likeness (QED) is 0.0355. The number of hydrogen-bond donors (Lipinski definition) is 0. The Balaban J connectivity index is 4.13. The number of ether oxygens (including phenoxy) is 3. The fraction of sp³-hybridized carbons (Fsp3) is 0.933. The zero-order chi connectivity index (χ0) is 37.3. The molecule has 0 aliphatic rings. The van der Waals surface area contributed by atoms with Gasteiger partial charge in [0.25, 0.3) is 0 Å². The van der Waals surface area contributed by atoms with Crippen molar-refractivity contribution in [3.8, 4) is 0 Å². The van der Waals surface area contributed by atoms with E-state index in [9.17, 15) is 14.4 Å². The first-order valence-electron chi connectivity index (χ1n) is 22.5. The zero-order valence-electron chi connectivity index (χ0n) is 34.4. The normalized spacial score (nSPS) is 11.8. The van der Waals surface area contributed by atoms with Gasteiger partial charge in [0.05, 0.1) is 0 Å². The average Bonchev–Trinajstić information content (AvgIpc) is 3.12. The van der Waals surface area contributed by atoms with E-state index in [-0.39, 0.29) is 31.1 Å². The zero-order valence-corrected chi connectivity index (χ0v) is 34.4. The van der Waals surface area contributed by atoms with Gasteiger partial charge in [0.1, 0.15) is 13.2 Å². The fourth-order valence-electron chi connectivity index (χ4n) is 6.68. The summed E-state index contributed by atoms with van der Waals surface area (Å²) in [7, 11) is 0. The highest BCUT2D eigenvalue weighted by atomic mass is 16.6. The third-order valence-electron chi connectivity index (χ3n) is 10.1. The van der Waals surface area contributed by atoms with Crippen molar-refractivity contribution in [1.29, 1.82) is 0 Å². The van der Waals surface area contributed by atoms with Gasteiger partial charge in [-0.3, -0.25) is 14.4 Å². The van der Waals surface area contributed by atoms with Crippen LogP contribution in [0.3, 0.4) is 0 Å². The van der Waals surface area contributed by atoms with Crippen molar-refractivity contribution in [2.24, 2.45) is 0 Å². The molecule has 6 nitrogen and oxygen atoms in total. The van der Waals surface area contributed by atoms with Crippen molar-refractivity contribution in [2.75, 3.05) is 13.2 Å². The molecule has 0 rings (SSSR count). The molecule has 0 aliphatic heterocycles. The first-order valence-corrected chi connectivity index (χ1v) is 22.5. The Hall–Kier alpha value is -1.59. The molecule has 0 aromatic carbocycles. The highest BCUT2D eigenvalue weighted by Gasteiger charge is 2.19. The molecule has 0 N–H and O–H groups in total. The Morgan fingerprint density at radius 2 is 0.529 bits per heavy atom. The van der Waals surface area contributed by atoms with Crippen LogP contribution in [-0.4, -0.2) is 37.2 Å². The van der Waals surface area contributed by atoms with Gasteiger partial charge in [-0.15, -0.1) is 0 Å². The van der Waals surface area contributed by atoms with Crippen molar-refractivity contribution < 1.29 is 28.6 Å². The second kappa shape index (κ2) is 41.2. The first-order chi connectivity index (χ1) is 25.0. The Labute approximate surface area is 317 Å². The van der Waals surface area contributed by atoms with E-state index in [1.165, 1.54) is 148 Å². The molecule has 0 fully saturated rings. The fourth-order valence-corrected chi connectivity index (χ4v) is 6.68. The summed E-state index contributed by atoms with van der Waals surface area (Å²) < 4.78 is 16.6. The molecule has 1 atom stereocenters. The highest BCUT2D eigenvalue weighted by molar-refractivity contribution is 5.71. The van der Waals surface area contributed by atoms with Crippen LogP contribution < -0.4 is 0 Å². The van der Waals surface area contributed by atoms with Crippen molar-refractivity contribution in [2.45, 2.75) is 258 Å². The molecule has 0 aliphatic carbocycles. The summed E-state index contributed by atoms with van der Waals surface area (Å²) in [4.78, 5) is 37.4. The molecule has 0 saturated carbocycles. The molecule has 51 heavy (non-hydrogen) atoms. The Kier molecular flexibility index (Phi) is 39.9. The number of rotatable bonds is 41. The molecule has 0 radical (unpaired) electrons. The molecule has 0 heterocycles. The van der Waals surface area contributed by atoms with Crippen molar-refractivity contribution >= 4 is 17.9 Å². The molecular formula is C45H86O6. The highest BCUT2D eigenvalue weighted by Crippen LogP contribution is 2.16. The van der Waals surface area contributed by atoms with Crippen LogP contribution in [0.25, 0.3) is 0 Å². The summed E-state index contributed by atoms with van der Waals surface area (Å²) in [5.74, 6) is -0.867. The van der Waals surface area contributed by atoms with Gasteiger partial charge >= 0.3 is 17.9 Å². The summed E-state index contributed by atoms with van der Waals surface area (Å²) >= 11 is 0. The molecular weight excluding hydrogens is 636 g/mol. The number of unbranched alkanes of at least 4 members (excludes halogenated alkanes) is 30. The van der Waals surface area contributed by atoms with Crippen LogP contribution in [0, 0.1) is 0 Å². The maximum absolute atomic E-state index is 12.5. The lowest BCUT2D eigenvalue weighted by atomic mass is 10.0. The van der Waals surface area contributed by atoms with Crippen molar-refractivity contribution in [1.82, 2.24) is 0 Å². The van der Waals surface area contributed by atoms with Crippen LogP contribution in [0.2, 0.25) is 0 Å². The molecule has 0 aromatic rings. The SMILES string of the molecule is CCCCCCCCCCCCCCCCCC(=O)OC[C@@H](COC(=O)CCCCCCCCCCCCCCC)OC(=O)CCCCCCC. The molecule has 0 bridgehead atoms. The van der Waals surface area contributed by atoms with Gasteiger partial charge in [-0.2, -0.15) is 0 Å². The smallest absolute Gasteiger partial charge is 0.306 e. The molecule has 0 saturated heterocycles. The molecule has 0 amide bonds. The summed E-state index contributed by atoms with van der Waals surface area (Å²) in [6, 6.07) is 0. The van der Waals surface area contributed by atoms with Crippen LogP contribution in [0.4, 0.5) is 0 Å². The lowest BCUT2D eigenvalue weighted by Gasteiger charge is -2.18. The van der Waals surface area contributed by atoms with Gasteiger partial charge in [-0.05, 0) is 19.3 Å². The summed E-state index contributed by atoms with van der Waals surface area (Å²) in [5.41, 5.74) is 0. The topological polar surface area (TPSA) is 78.9 Å². The summed E-state index contributed by atoms with van der Waals surface area (Å²) in [6.45, 7) is 6.57. The predicted molar refractivity (Wildman–Crippen MR) is 215 cm³/mol. The largest absolute Gasteiger partial charge is 0.462 e. The standard InChI is InChI=1S/C45H86O6/c1-4-7-10-13-15-17-19-21-22-24-26-28-30-33-35-38-44(47)50-41-42(51-45(48)39-36-31-12-9-6-3)40-49-43(46)37-34-32-29-27-25-23-20-18-16-14-11-8-5-2/h42H,4-41H2,1-3H3/t42-/m1/s1. The number of carbonyl (C=O) groups excluding carboxylic acids is 3. The molecule has 302 valence electrons. The van der Waals surface area contributed by atoms with Gasteiger partial charge in [-0.1, -0.05) is 213 Å². The van der Waals surface area contributed by atoms with E-state index in [4.69, 9.17) is 14.2 Å². The number of carbonyl (C=O) groups is 3. The molecule has 6 heteroatoms. The predicted octanol–water partition coefficient (Wildman–Crippen LogP) is 14.1. The van der Waals surface area contributed by atoms with Crippen molar-refractivity contribution in [3.05, 3.63) is 0 Å². The maximum Gasteiger partial charge on any atom is 0.306 e. The van der Waals surface area contributed by atoms with Crippen LogP contribution in [-0.2, 0) is 28.6 Å². The minimum absolute atomic E-state index is 0.0643. The van der Waals surface area contributed by atoms with Gasteiger partial charge in [0, 0.05) is 19.3 Å². The number of esters is 3. The third kappa shape index (κ3) is 39.5. The van der Waals surface area contributed by atoms with E-state index >= 15 is 0 Å². The van der Waals surface area contributed by atoms with Crippen LogP contribution in [0.15, 0.2) is 0 Å². The second-order valence-electron chi connectivity index (χ2n) is 15.3. The van der Waals surface area contributed by atoms with Gasteiger partial charge in [0.15, 0.2) is 6.10 Å². The minimum atomic E-state index is -0.756. The average molecular weight is 723 g/mol. The maximum atomic E-state index is 12.5. The molecule has 0 aromatic heterocycles. The van der Waals surface area contributed by atoms with Crippen LogP contribution >= 0.6 is 0 Å². The Morgan fingerprint density at radius 1 is 0.314 bits per heavy atom. The van der Waals surface area contributed by atoms with E-state index in [1.54, 1.807) is 0 Å². The number of hydrogen-bond acceptors (Lipinski definition) is 6. The van der Waals surface area contributed by atoms with Gasteiger partial charge in [0.2, 0.25) is 0 Å². The lowest BCUT2D eigenvalue weighted by molar-refractivity contribution is -0.167. The van der Waals surface area contributed by atoms with Crippen LogP contribution in [0.1, 0.15) is 252 Å². The van der Waals surface area contributed by atoms with E-state index in [1.807, 2.05) is 0 Å². The van der Waals surface area contributed by atoms with Crippen LogP contribution in [0.5, 0.6) is 0 Å². The second-order valence-corrected chi connectivity index (χ2v) is 15.3. The van der Waals surface area contributed by atoms with E-state index in [0.29, 0.717) is 19.3 Å². The third-order valence-corrected chi connectivity index (χ3v) is 10.1. The van der Waals surface area contributed by atoms with E-state index in [2.05, 4.69) is 20.8 Å². The lowest BCUT2D eigenvalue weighted by Crippen LogP contribution is -2.30. The molecule has 0 unspecified atom stereocenters. The summed E-state index contributed by atoms with van der Waals surface area (Å²) in [5, 5.41) is 0.